The maximum Gasteiger partial charge on any atom is 0.256 e. The zero-order chi connectivity index (χ0) is 14.7. The number of rotatable bonds is 2. The summed E-state index contributed by atoms with van der Waals surface area (Å²) in [5.74, 6) is 0.860. The number of carbonyl (C=O) groups excluding carboxylic acids is 1. The quantitative estimate of drug-likeness (QED) is 0.760. The van der Waals surface area contributed by atoms with Gasteiger partial charge in [-0.2, -0.15) is 0 Å². The number of carbonyl (C=O) groups is 1. The van der Waals surface area contributed by atoms with E-state index in [1.165, 1.54) is 6.33 Å². The van der Waals surface area contributed by atoms with Crippen LogP contribution in [-0.4, -0.2) is 72.4 Å². The van der Waals surface area contributed by atoms with E-state index in [9.17, 15) is 4.79 Å². The van der Waals surface area contributed by atoms with E-state index < -0.39 is 5.60 Å². The van der Waals surface area contributed by atoms with E-state index in [2.05, 4.69) is 14.9 Å². The fourth-order valence-corrected chi connectivity index (χ4v) is 2.77. The number of nitrogens with zero attached hydrogens (tertiary/aromatic N) is 4. The Bertz CT molecular complexity index is 492. The lowest BCUT2D eigenvalue weighted by atomic mass is 10.0. The molecule has 0 aliphatic carbocycles. The van der Waals surface area contributed by atoms with Crippen molar-refractivity contribution >= 4 is 11.7 Å². The second-order valence-electron chi connectivity index (χ2n) is 5.47. The van der Waals surface area contributed by atoms with Gasteiger partial charge in [0, 0.05) is 25.8 Å². The maximum absolute atomic E-state index is 12.7. The zero-order valence-corrected chi connectivity index (χ0v) is 12.2. The van der Waals surface area contributed by atoms with Gasteiger partial charge in [-0.25, -0.2) is 9.97 Å². The molecule has 21 heavy (non-hydrogen) atoms. The molecular formula is C14H20N4O3. The second kappa shape index (κ2) is 5.95. The molecule has 7 heteroatoms. The Morgan fingerprint density at radius 2 is 2.10 bits per heavy atom. The topological polar surface area (TPSA) is 67.8 Å². The summed E-state index contributed by atoms with van der Waals surface area (Å²) in [6, 6.07) is 1.85. The van der Waals surface area contributed by atoms with Crippen molar-refractivity contribution in [2.75, 3.05) is 50.9 Å². The van der Waals surface area contributed by atoms with Gasteiger partial charge in [-0.05, 0) is 13.0 Å². The van der Waals surface area contributed by atoms with E-state index >= 15 is 0 Å². The van der Waals surface area contributed by atoms with E-state index in [-0.39, 0.29) is 5.91 Å². The predicted octanol–water partition coefficient (Wildman–Crippen LogP) is -0.0693. The van der Waals surface area contributed by atoms with Crippen molar-refractivity contribution < 1.29 is 14.3 Å². The molecule has 0 saturated carbocycles. The van der Waals surface area contributed by atoms with Gasteiger partial charge >= 0.3 is 0 Å². The van der Waals surface area contributed by atoms with Crippen LogP contribution in [0.4, 0.5) is 5.82 Å². The molecule has 1 aromatic rings. The largest absolute Gasteiger partial charge is 0.378 e. The molecule has 0 aromatic carbocycles. The Morgan fingerprint density at radius 1 is 1.29 bits per heavy atom. The molecule has 0 radical (unpaired) electrons. The molecule has 3 heterocycles. The number of ether oxygens (including phenoxy) is 2. The van der Waals surface area contributed by atoms with E-state index in [0.717, 1.165) is 12.4 Å². The van der Waals surface area contributed by atoms with Crippen LogP contribution in [0, 0.1) is 0 Å². The highest BCUT2D eigenvalue weighted by atomic mass is 16.5. The third-order valence-electron chi connectivity index (χ3n) is 3.92. The molecule has 0 bridgehead atoms. The van der Waals surface area contributed by atoms with Crippen LogP contribution in [0.1, 0.15) is 6.92 Å². The Morgan fingerprint density at radius 3 is 2.81 bits per heavy atom. The van der Waals surface area contributed by atoms with Crippen molar-refractivity contribution in [2.24, 2.45) is 0 Å². The van der Waals surface area contributed by atoms with E-state index in [4.69, 9.17) is 9.47 Å². The normalized spacial score (nSPS) is 26.7. The molecule has 2 saturated heterocycles. The lowest BCUT2D eigenvalue weighted by Crippen LogP contribution is -2.60. The van der Waals surface area contributed by atoms with Crippen LogP contribution in [0.15, 0.2) is 18.6 Å². The number of hydrogen-bond donors (Lipinski definition) is 0. The van der Waals surface area contributed by atoms with Gasteiger partial charge in [0.05, 0.1) is 26.4 Å². The second-order valence-corrected chi connectivity index (χ2v) is 5.47. The highest BCUT2D eigenvalue weighted by Gasteiger charge is 2.42. The van der Waals surface area contributed by atoms with Crippen molar-refractivity contribution in [1.29, 1.82) is 0 Å². The van der Waals surface area contributed by atoms with Gasteiger partial charge in [-0.3, -0.25) is 4.79 Å². The maximum atomic E-state index is 12.7. The first kappa shape index (κ1) is 14.2. The Hall–Kier alpha value is -1.73. The van der Waals surface area contributed by atoms with Gasteiger partial charge in [0.25, 0.3) is 5.91 Å². The van der Waals surface area contributed by atoms with Gasteiger partial charge in [-0.1, -0.05) is 0 Å². The van der Waals surface area contributed by atoms with Gasteiger partial charge in [0.15, 0.2) is 5.60 Å². The summed E-state index contributed by atoms with van der Waals surface area (Å²) < 4.78 is 11.1. The molecule has 0 spiro atoms. The van der Waals surface area contributed by atoms with E-state index in [0.29, 0.717) is 39.5 Å². The highest BCUT2D eigenvalue weighted by Crippen LogP contribution is 2.24. The third kappa shape index (κ3) is 2.98. The van der Waals surface area contributed by atoms with Gasteiger partial charge in [-0.15, -0.1) is 0 Å². The first-order valence-electron chi connectivity index (χ1n) is 7.21. The Kier molecular flexibility index (Phi) is 4.03. The monoisotopic (exact) mass is 292 g/mol. The van der Waals surface area contributed by atoms with Gasteiger partial charge in [0.1, 0.15) is 12.1 Å². The summed E-state index contributed by atoms with van der Waals surface area (Å²) >= 11 is 0. The zero-order valence-electron chi connectivity index (χ0n) is 12.2. The lowest BCUT2D eigenvalue weighted by molar-refractivity contribution is -0.161. The van der Waals surface area contributed by atoms with E-state index in [1.807, 2.05) is 17.9 Å². The standard InChI is InChI=1S/C14H20N4O3/c1-14(13(19)17-4-7-20-8-5-17)10-18(6-9-21-14)12-2-3-15-11-16-12/h2-3,11H,4-10H2,1H3/t14-/m0/s1. The molecule has 1 aromatic heterocycles. The molecule has 0 N–H and O–H groups in total. The Labute approximate surface area is 123 Å². The van der Waals surface area contributed by atoms with Crippen molar-refractivity contribution in [3.63, 3.8) is 0 Å². The number of hydrogen-bond acceptors (Lipinski definition) is 6. The van der Waals surface area contributed by atoms with Crippen LogP contribution in [0.2, 0.25) is 0 Å². The van der Waals surface area contributed by atoms with Crippen LogP contribution in [0.5, 0.6) is 0 Å². The van der Waals surface area contributed by atoms with Gasteiger partial charge < -0.3 is 19.3 Å². The van der Waals surface area contributed by atoms with Crippen molar-refractivity contribution in [3.05, 3.63) is 18.6 Å². The number of morpholine rings is 2. The summed E-state index contributed by atoms with van der Waals surface area (Å²) in [6.45, 7) is 6.05. The smallest absolute Gasteiger partial charge is 0.256 e. The summed E-state index contributed by atoms with van der Waals surface area (Å²) in [4.78, 5) is 24.8. The first-order valence-corrected chi connectivity index (χ1v) is 7.21. The first-order chi connectivity index (χ1) is 10.2. The minimum atomic E-state index is -0.833. The summed E-state index contributed by atoms with van der Waals surface area (Å²) in [6.07, 6.45) is 3.23. The average Bonchev–Trinajstić information content (AvgIpc) is 2.56. The van der Waals surface area contributed by atoms with Crippen molar-refractivity contribution in [2.45, 2.75) is 12.5 Å². The Balaban J connectivity index is 1.73. The molecule has 1 amide bonds. The minimum absolute atomic E-state index is 0.0320. The molecule has 114 valence electrons. The summed E-state index contributed by atoms with van der Waals surface area (Å²) in [7, 11) is 0. The van der Waals surface area contributed by atoms with Crippen molar-refractivity contribution in [3.8, 4) is 0 Å². The highest BCUT2D eigenvalue weighted by molar-refractivity contribution is 5.86. The predicted molar refractivity (Wildman–Crippen MR) is 76.0 cm³/mol. The van der Waals surface area contributed by atoms with Crippen LogP contribution in [0.3, 0.4) is 0 Å². The molecule has 2 aliphatic rings. The lowest BCUT2D eigenvalue weighted by Gasteiger charge is -2.42. The molecule has 7 nitrogen and oxygen atoms in total. The molecule has 3 rings (SSSR count). The average molecular weight is 292 g/mol. The van der Waals surface area contributed by atoms with Gasteiger partial charge in [0.2, 0.25) is 0 Å². The van der Waals surface area contributed by atoms with Crippen molar-refractivity contribution in [1.82, 2.24) is 14.9 Å². The minimum Gasteiger partial charge on any atom is -0.378 e. The molecule has 1 atom stereocenters. The SMILES string of the molecule is C[C@@]1(C(=O)N2CCOCC2)CN(c2ccncn2)CCO1. The number of amides is 1. The number of aromatic nitrogens is 2. The molecule has 2 aliphatic heterocycles. The third-order valence-corrected chi connectivity index (χ3v) is 3.92. The fraction of sp³-hybridized carbons (Fsp3) is 0.643. The number of anilines is 1. The van der Waals surface area contributed by atoms with Crippen LogP contribution < -0.4 is 4.90 Å². The fourth-order valence-electron chi connectivity index (χ4n) is 2.77. The summed E-state index contributed by atoms with van der Waals surface area (Å²) in [5, 5.41) is 0. The summed E-state index contributed by atoms with van der Waals surface area (Å²) in [5.41, 5.74) is -0.833. The van der Waals surface area contributed by atoms with Crippen LogP contribution >= 0.6 is 0 Å². The molecule has 0 unspecified atom stereocenters. The van der Waals surface area contributed by atoms with E-state index in [1.54, 1.807) is 6.20 Å². The molecular weight excluding hydrogens is 272 g/mol. The van der Waals surface area contributed by atoms with Crippen LogP contribution in [-0.2, 0) is 14.3 Å². The van der Waals surface area contributed by atoms with Crippen LogP contribution in [0.25, 0.3) is 0 Å². The molecule has 2 fully saturated rings.